The van der Waals surface area contributed by atoms with Crippen LogP contribution in [0.2, 0.25) is 0 Å². The van der Waals surface area contributed by atoms with Gasteiger partial charge >= 0.3 is 0 Å². The fraction of sp³-hybridized carbons (Fsp3) is 0. The molecule has 0 aliphatic rings. The molecule has 0 N–H and O–H groups in total. The molecule has 0 fully saturated rings. The molecule has 0 saturated carbocycles. The monoisotopic (exact) mass is 636 g/mol. The fourth-order valence-electron chi connectivity index (χ4n) is 7.85. The molecule has 1 heterocycles. The van der Waals surface area contributed by atoms with E-state index in [9.17, 15) is 0 Å². The standard InChI is InChI=1S/C48H32N2/c1-2-12-33(13-3-1)42-17-8-10-20-46(42)49(39-29-31-41-36(32-39)23-22-34-14-4-6-16-40(34)41)37-25-27-38(28-26-37)50-47-21-11-9-19-44(47)45-30-24-35-15-5-7-18-43(35)48(45)50/h1-32H. The zero-order valence-corrected chi connectivity index (χ0v) is 27.4. The number of fused-ring (bicyclic) bond motifs is 8. The molecule has 0 unspecified atom stereocenters. The topological polar surface area (TPSA) is 8.17 Å². The summed E-state index contributed by atoms with van der Waals surface area (Å²) in [6.07, 6.45) is 0. The highest BCUT2D eigenvalue weighted by atomic mass is 15.1. The molecule has 0 aliphatic carbocycles. The molecular weight excluding hydrogens is 605 g/mol. The minimum atomic E-state index is 1.10. The number of anilines is 3. The molecule has 10 rings (SSSR count). The lowest BCUT2D eigenvalue weighted by atomic mass is 9.99. The lowest BCUT2D eigenvalue weighted by Gasteiger charge is -2.28. The first-order chi connectivity index (χ1) is 24.8. The summed E-state index contributed by atoms with van der Waals surface area (Å²) in [7, 11) is 0. The average molecular weight is 637 g/mol. The molecular formula is C48H32N2. The molecule has 9 aromatic carbocycles. The smallest absolute Gasteiger partial charge is 0.0619 e. The van der Waals surface area contributed by atoms with Crippen molar-refractivity contribution < 1.29 is 0 Å². The number of aromatic nitrogens is 1. The quantitative estimate of drug-likeness (QED) is 0.171. The first-order valence-corrected chi connectivity index (χ1v) is 17.2. The molecule has 0 spiro atoms. The number of rotatable bonds is 5. The van der Waals surface area contributed by atoms with E-state index < -0.39 is 0 Å². The minimum Gasteiger partial charge on any atom is -0.310 e. The molecule has 50 heavy (non-hydrogen) atoms. The van der Waals surface area contributed by atoms with Crippen LogP contribution in [0.15, 0.2) is 194 Å². The van der Waals surface area contributed by atoms with E-state index in [2.05, 4.69) is 204 Å². The second-order valence-electron chi connectivity index (χ2n) is 13.0. The molecule has 1 aromatic heterocycles. The van der Waals surface area contributed by atoms with E-state index in [4.69, 9.17) is 0 Å². The van der Waals surface area contributed by atoms with Crippen molar-refractivity contribution >= 4 is 71.2 Å². The van der Waals surface area contributed by atoms with Crippen molar-refractivity contribution in [3.63, 3.8) is 0 Å². The van der Waals surface area contributed by atoms with E-state index in [-0.39, 0.29) is 0 Å². The lowest BCUT2D eigenvalue weighted by molar-refractivity contribution is 1.18. The normalized spacial score (nSPS) is 11.6. The molecule has 10 aromatic rings. The maximum Gasteiger partial charge on any atom is 0.0619 e. The van der Waals surface area contributed by atoms with Gasteiger partial charge in [-0.3, -0.25) is 0 Å². The Hall–Kier alpha value is -6.64. The van der Waals surface area contributed by atoms with Crippen LogP contribution >= 0.6 is 0 Å². The van der Waals surface area contributed by atoms with Gasteiger partial charge in [0.15, 0.2) is 0 Å². The second kappa shape index (κ2) is 11.5. The van der Waals surface area contributed by atoms with Crippen LogP contribution in [-0.2, 0) is 0 Å². The van der Waals surface area contributed by atoms with Gasteiger partial charge in [-0.2, -0.15) is 0 Å². The van der Waals surface area contributed by atoms with Gasteiger partial charge < -0.3 is 9.47 Å². The molecule has 0 bridgehead atoms. The van der Waals surface area contributed by atoms with Gasteiger partial charge in [-0.25, -0.2) is 0 Å². The van der Waals surface area contributed by atoms with Gasteiger partial charge in [-0.15, -0.1) is 0 Å². The van der Waals surface area contributed by atoms with Gasteiger partial charge in [0.05, 0.1) is 16.7 Å². The Labute approximate surface area is 290 Å². The number of hydrogen-bond acceptors (Lipinski definition) is 1. The summed E-state index contributed by atoms with van der Waals surface area (Å²) in [5, 5.41) is 10.0. The van der Waals surface area contributed by atoms with Crippen LogP contribution in [0.25, 0.3) is 70.9 Å². The summed E-state index contributed by atoms with van der Waals surface area (Å²) in [5.74, 6) is 0. The second-order valence-corrected chi connectivity index (χ2v) is 13.0. The van der Waals surface area contributed by atoms with Crippen LogP contribution in [0.3, 0.4) is 0 Å². The maximum atomic E-state index is 2.43. The summed E-state index contributed by atoms with van der Waals surface area (Å²) in [4.78, 5) is 2.40. The number of benzene rings is 9. The van der Waals surface area contributed by atoms with Crippen LogP contribution in [0, 0.1) is 0 Å². The Bertz CT molecular complexity index is 2860. The van der Waals surface area contributed by atoms with Gasteiger partial charge in [-0.05, 0) is 81.0 Å². The van der Waals surface area contributed by atoms with E-state index in [1.807, 2.05) is 0 Å². The average Bonchev–Trinajstić information content (AvgIpc) is 3.54. The zero-order valence-electron chi connectivity index (χ0n) is 27.4. The van der Waals surface area contributed by atoms with Crippen molar-refractivity contribution in [1.29, 1.82) is 0 Å². The van der Waals surface area contributed by atoms with Crippen molar-refractivity contribution in [2.75, 3.05) is 4.90 Å². The molecule has 2 nitrogen and oxygen atoms in total. The number of nitrogens with zero attached hydrogens (tertiary/aromatic N) is 2. The lowest BCUT2D eigenvalue weighted by Crippen LogP contribution is -2.11. The van der Waals surface area contributed by atoms with E-state index in [0.29, 0.717) is 0 Å². The number of para-hydroxylation sites is 2. The van der Waals surface area contributed by atoms with Crippen molar-refractivity contribution in [2.45, 2.75) is 0 Å². The Kier molecular flexibility index (Phi) is 6.53. The minimum absolute atomic E-state index is 1.10. The van der Waals surface area contributed by atoms with Gasteiger partial charge in [0.1, 0.15) is 0 Å². The Morgan fingerprint density at radius 1 is 0.360 bits per heavy atom. The molecule has 0 amide bonds. The third-order valence-electron chi connectivity index (χ3n) is 10.1. The van der Waals surface area contributed by atoms with Crippen LogP contribution in [-0.4, -0.2) is 4.57 Å². The molecule has 0 saturated heterocycles. The van der Waals surface area contributed by atoms with Gasteiger partial charge in [0.2, 0.25) is 0 Å². The largest absolute Gasteiger partial charge is 0.310 e. The van der Waals surface area contributed by atoms with E-state index in [1.54, 1.807) is 0 Å². The van der Waals surface area contributed by atoms with E-state index in [0.717, 1.165) is 22.7 Å². The molecule has 0 atom stereocenters. The van der Waals surface area contributed by atoms with Crippen LogP contribution in [0.5, 0.6) is 0 Å². The zero-order chi connectivity index (χ0) is 33.0. The van der Waals surface area contributed by atoms with Crippen molar-refractivity contribution in [1.82, 2.24) is 4.57 Å². The Morgan fingerprint density at radius 2 is 0.940 bits per heavy atom. The highest BCUT2D eigenvalue weighted by Gasteiger charge is 2.19. The van der Waals surface area contributed by atoms with E-state index in [1.165, 1.54) is 65.3 Å². The summed E-state index contributed by atoms with van der Waals surface area (Å²) < 4.78 is 2.43. The highest BCUT2D eigenvalue weighted by Crippen LogP contribution is 2.43. The first-order valence-electron chi connectivity index (χ1n) is 17.2. The molecule has 2 heteroatoms. The Morgan fingerprint density at radius 3 is 1.78 bits per heavy atom. The van der Waals surface area contributed by atoms with Gasteiger partial charge in [-0.1, -0.05) is 146 Å². The van der Waals surface area contributed by atoms with Crippen LogP contribution in [0.1, 0.15) is 0 Å². The van der Waals surface area contributed by atoms with Crippen molar-refractivity contribution in [2.24, 2.45) is 0 Å². The highest BCUT2D eigenvalue weighted by molar-refractivity contribution is 6.18. The van der Waals surface area contributed by atoms with Crippen molar-refractivity contribution in [3.8, 4) is 16.8 Å². The van der Waals surface area contributed by atoms with Crippen LogP contribution in [0.4, 0.5) is 17.1 Å². The third-order valence-corrected chi connectivity index (χ3v) is 10.1. The summed E-state index contributed by atoms with van der Waals surface area (Å²) >= 11 is 0. The molecule has 0 radical (unpaired) electrons. The van der Waals surface area contributed by atoms with Crippen molar-refractivity contribution in [3.05, 3.63) is 194 Å². The summed E-state index contributed by atoms with van der Waals surface area (Å²) in [6.45, 7) is 0. The van der Waals surface area contributed by atoms with Gasteiger partial charge in [0.25, 0.3) is 0 Å². The fourth-order valence-corrected chi connectivity index (χ4v) is 7.85. The number of hydrogen-bond donors (Lipinski definition) is 0. The SMILES string of the molecule is c1ccc(-c2ccccc2N(c2ccc(-n3c4ccccc4c4ccc5ccccc5c43)cc2)c2ccc3c(ccc4ccccc43)c2)cc1. The first kappa shape index (κ1) is 28.4. The molecule has 0 aliphatic heterocycles. The summed E-state index contributed by atoms with van der Waals surface area (Å²) in [6, 6.07) is 70.5. The van der Waals surface area contributed by atoms with Crippen LogP contribution < -0.4 is 4.90 Å². The predicted molar refractivity (Wildman–Crippen MR) is 213 cm³/mol. The summed E-state index contributed by atoms with van der Waals surface area (Å²) in [5.41, 5.74) is 9.31. The maximum absolute atomic E-state index is 2.43. The van der Waals surface area contributed by atoms with Gasteiger partial charge in [0, 0.05) is 38.8 Å². The molecule has 234 valence electrons. The van der Waals surface area contributed by atoms with E-state index >= 15 is 0 Å². The predicted octanol–water partition coefficient (Wildman–Crippen LogP) is 13.4. The third kappa shape index (κ3) is 4.50. The Balaban J connectivity index is 1.18.